The van der Waals surface area contributed by atoms with Crippen LogP contribution in [0.4, 0.5) is 17.1 Å². The highest BCUT2D eigenvalue weighted by atomic mass is 32.1. The fraction of sp³-hybridized carbons (Fsp3) is 0. The molecule has 7 aromatic carbocycles. The number of benzene rings is 7. The van der Waals surface area contributed by atoms with Gasteiger partial charge in [-0.15, -0.1) is 11.3 Å². The third-order valence-electron chi connectivity index (χ3n) is 8.46. The van der Waals surface area contributed by atoms with Crippen LogP contribution in [0.3, 0.4) is 0 Å². The van der Waals surface area contributed by atoms with Crippen molar-refractivity contribution in [2.75, 3.05) is 4.90 Å². The molecule has 0 amide bonds. The van der Waals surface area contributed by atoms with Crippen LogP contribution in [0.25, 0.3) is 64.6 Å². The molecule has 3 nitrogen and oxygen atoms in total. The summed E-state index contributed by atoms with van der Waals surface area (Å²) in [5.41, 5.74) is 9.48. The molecule has 9 aromatic rings. The number of furan rings is 1. The molecule has 0 atom stereocenters. The van der Waals surface area contributed by atoms with Crippen LogP contribution in [0.15, 0.2) is 162 Å². The van der Waals surface area contributed by atoms with Crippen LogP contribution in [-0.2, 0) is 0 Å². The molecule has 0 spiro atoms. The molecular weight excluding hydrogens is 569 g/mol. The number of nitrogens with zero attached hydrogens (tertiary/aromatic N) is 2. The molecule has 0 aliphatic rings. The van der Waals surface area contributed by atoms with Gasteiger partial charge in [0.05, 0.1) is 10.2 Å². The summed E-state index contributed by atoms with van der Waals surface area (Å²) in [4.78, 5) is 7.23. The molecule has 9 rings (SSSR count). The Kier molecular flexibility index (Phi) is 6.00. The summed E-state index contributed by atoms with van der Waals surface area (Å²) >= 11 is 1.72. The van der Waals surface area contributed by atoms with E-state index >= 15 is 0 Å². The Bertz CT molecular complexity index is 2480. The summed E-state index contributed by atoms with van der Waals surface area (Å²) in [5.74, 6) is 0. The second-order valence-electron chi connectivity index (χ2n) is 11.3. The zero-order valence-corrected chi connectivity index (χ0v) is 25.0. The molecule has 45 heavy (non-hydrogen) atoms. The molecule has 2 aromatic heterocycles. The summed E-state index contributed by atoms with van der Waals surface area (Å²) < 4.78 is 7.51. The number of thiazole rings is 1. The molecule has 0 radical (unpaired) electrons. The maximum absolute atomic E-state index is 6.36. The van der Waals surface area contributed by atoms with E-state index in [0.29, 0.717) is 0 Å². The van der Waals surface area contributed by atoms with Crippen molar-refractivity contribution in [3.05, 3.63) is 158 Å². The van der Waals surface area contributed by atoms with E-state index in [1.807, 2.05) is 6.07 Å². The predicted molar refractivity (Wildman–Crippen MR) is 190 cm³/mol. The van der Waals surface area contributed by atoms with Crippen molar-refractivity contribution in [3.63, 3.8) is 0 Å². The maximum Gasteiger partial charge on any atom is 0.137 e. The Morgan fingerprint density at radius 3 is 1.96 bits per heavy atom. The first kappa shape index (κ1) is 25.8. The van der Waals surface area contributed by atoms with Crippen LogP contribution in [0.5, 0.6) is 0 Å². The van der Waals surface area contributed by atoms with Gasteiger partial charge in [0.1, 0.15) is 16.2 Å². The first-order valence-corrected chi connectivity index (χ1v) is 15.9. The van der Waals surface area contributed by atoms with Crippen LogP contribution in [0, 0.1) is 0 Å². The topological polar surface area (TPSA) is 29.3 Å². The second-order valence-corrected chi connectivity index (χ2v) is 12.3. The summed E-state index contributed by atoms with van der Waals surface area (Å²) in [6, 6.07) is 55.7. The highest BCUT2D eigenvalue weighted by Crippen LogP contribution is 2.41. The smallest absolute Gasteiger partial charge is 0.137 e. The lowest BCUT2D eigenvalue weighted by Gasteiger charge is -2.25. The van der Waals surface area contributed by atoms with Gasteiger partial charge in [0, 0.05) is 39.5 Å². The van der Waals surface area contributed by atoms with Crippen molar-refractivity contribution < 1.29 is 4.42 Å². The van der Waals surface area contributed by atoms with Crippen molar-refractivity contribution in [2.24, 2.45) is 0 Å². The van der Waals surface area contributed by atoms with Gasteiger partial charge in [-0.25, -0.2) is 4.98 Å². The monoisotopic (exact) mass is 594 g/mol. The Balaban J connectivity index is 1.14. The molecule has 0 saturated heterocycles. The Morgan fingerprint density at radius 2 is 1.13 bits per heavy atom. The minimum absolute atomic E-state index is 0.852. The SMILES string of the molecule is c1ccc(-c2nc3cc4oc5ccc(N(c6ccccc6)c6ccc(-c7ccc8ccccc8c7)cc6)cc5c4cc3s2)cc1. The van der Waals surface area contributed by atoms with Gasteiger partial charge in [0.25, 0.3) is 0 Å². The van der Waals surface area contributed by atoms with Crippen molar-refractivity contribution in [1.82, 2.24) is 4.98 Å². The van der Waals surface area contributed by atoms with Gasteiger partial charge in [-0.3, -0.25) is 0 Å². The van der Waals surface area contributed by atoms with Gasteiger partial charge in [-0.1, -0.05) is 97.1 Å². The predicted octanol–water partition coefficient (Wildman–Crippen LogP) is 12.2. The van der Waals surface area contributed by atoms with Gasteiger partial charge >= 0.3 is 0 Å². The maximum atomic E-state index is 6.36. The third-order valence-corrected chi connectivity index (χ3v) is 9.53. The molecule has 0 saturated carbocycles. The van der Waals surface area contributed by atoms with Gasteiger partial charge in [0.2, 0.25) is 0 Å². The van der Waals surface area contributed by atoms with E-state index in [1.54, 1.807) is 11.3 Å². The van der Waals surface area contributed by atoms with Gasteiger partial charge in [-0.05, 0) is 76.5 Å². The largest absolute Gasteiger partial charge is 0.456 e. The Labute approximate surface area is 264 Å². The zero-order valence-electron chi connectivity index (χ0n) is 24.2. The number of fused-ring (bicyclic) bond motifs is 5. The van der Waals surface area contributed by atoms with E-state index in [4.69, 9.17) is 9.40 Å². The molecule has 0 aliphatic carbocycles. The summed E-state index contributed by atoms with van der Waals surface area (Å²) in [6.07, 6.45) is 0. The third kappa shape index (κ3) is 4.55. The summed E-state index contributed by atoms with van der Waals surface area (Å²) in [5, 5.41) is 5.71. The highest BCUT2D eigenvalue weighted by Gasteiger charge is 2.17. The van der Waals surface area contributed by atoms with Crippen molar-refractivity contribution in [2.45, 2.75) is 0 Å². The minimum Gasteiger partial charge on any atom is -0.456 e. The molecule has 0 fully saturated rings. The van der Waals surface area contributed by atoms with Gasteiger partial charge < -0.3 is 9.32 Å². The first-order valence-electron chi connectivity index (χ1n) is 15.0. The van der Waals surface area contributed by atoms with E-state index in [2.05, 4.69) is 157 Å². The standard InChI is InChI=1S/C41H26N2OS/c1-3-10-29(11-4-1)41-42-37-26-39-36(25-40(37)45-41)35-24-34(21-22-38(35)44-39)43(32-13-5-2-6-14-32)33-19-17-28(18-20-33)31-16-15-27-9-7-8-12-30(27)23-31/h1-26H. The summed E-state index contributed by atoms with van der Waals surface area (Å²) in [7, 11) is 0. The van der Waals surface area contributed by atoms with Gasteiger partial charge in [-0.2, -0.15) is 0 Å². The molecule has 0 unspecified atom stereocenters. The molecule has 0 aliphatic heterocycles. The second kappa shape index (κ2) is 10.5. The zero-order chi connectivity index (χ0) is 29.7. The molecule has 2 heterocycles. The van der Waals surface area contributed by atoms with Crippen molar-refractivity contribution in [1.29, 1.82) is 0 Å². The minimum atomic E-state index is 0.852. The lowest BCUT2D eigenvalue weighted by molar-refractivity contribution is 0.669. The van der Waals surface area contributed by atoms with Crippen molar-refractivity contribution >= 4 is 71.3 Å². The molecule has 0 bridgehead atoms. The van der Waals surface area contributed by atoms with Crippen LogP contribution >= 0.6 is 11.3 Å². The fourth-order valence-electron chi connectivity index (χ4n) is 6.22. The van der Waals surface area contributed by atoms with Crippen molar-refractivity contribution in [3.8, 4) is 21.7 Å². The van der Waals surface area contributed by atoms with E-state index in [9.17, 15) is 0 Å². The molecular formula is C41H26N2OS. The van der Waals surface area contributed by atoms with Crippen LogP contribution in [0.2, 0.25) is 0 Å². The van der Waals surface area contributed by atoms with Crippen LogP contribution in [0.1, 0.15) is 0 Å². The molecule has 212 valence electrons. The average molecular weight is 595 g/mol. The Hall–Kier alpha value is -5.71. The van der Waals surface area contributed by atoms with Crippen LogP contribution < -0.4 is 4.90 Å². The van der Waals surface area contributed by atoms with E-state index in [0.717, 1.165) is 59.8 Å². The number of rotatable bonds is 5. The van der Waals surface area contributed by atoms with Gasteiger partial charge in [0.15, 0.2) is 0 Å². The quantitative estimate of drug-likeness (QED) is 0.198. The Morgan fingerprint density at radius 1 is 0.467 bits per heavy atom. The summed E-state index contributed by atoms with van der Waals surface area (Å²) in [6.45, 7) is 0. The average Bonchev–Trinajstić information content (AvgIpc) is 3.69. The number of para-hydroxylation sites is 1. The lowest BCUT2D eigenvalue weighted by atomic mass is 10.0. The number of aromatic nitrogens is 1. The van der Waals surface area contributed by atoms with E-state index < -0.39 is 0 Å². The highest BCUT2D eigenvalue weighted by molar-refractivity contribution is 7.21. The number of hydrogen-bond acceptors (Lipinski definition) is 4. The lowest BCUT2D eigenvalue weighted by Crippen LogP contribution is -2.09. The number of anilines is 3. The molecule has 0 N–H and O–H groups in total. The first-order chi connectivity index (χ1) is 22.3. The fourth-order valence-corrected chi connectivity index (χ4v) is 7.22. The normalized spacial score (nSPS) is 11.6. The molecule has 4 heteroatoms. The van der Waals surface area contributed by atoms with E-state index in [1.165, 1.54) is 21.9 Å². The van der Waals surface area contributed by atoms with Crippen LogP contribution in [-0.4, -0.2) is 4.98 Å². The van der Waals surface area contributed by atoms with E-state index in [-0.39, 0.29) is 0 Å². The number of hydrogen-bond donors (Lipinski definition) is 0.